The summed E-state index contributed by atoms with van der Waals surface area (Å²) in [5, 5.41) is 11.4. The monoisotopic (exact) mass is 490 g/mol. The quantitative estimate of drug-likeness (QED) is 0.249. The number of ether oxygens (including phenoxy) is 2. The molecule has 0 radical (unpaired) electrons. The maximum Gasteiger partial charge on any atom is 0.414 e. The van der Waals surface area contributed by atoms with Crippen molar-refractivity contribution in [2.24, 2.45) is 0 Å². The second kappa shape index (κ2) is 9.71. The molecule has 0 aliphatic heterocycles. The van der Waals surface area contributed by atoms with Crippen LogP contribution in [-0.4, -0.2) is 43.7 Å². The molecule has 0 aliphatic carbocycles. The molecule has 0 N–H and O–H groups in total. The number of carbonyl (C=O) groups excluding carboxylic acids is 2. The molecule has 162 valence electrons. The highest BCUT2D eigenvalue weighted by Crippen LogP contribution is 2.37. The fourth-order valence-electron chi connectivity index (χ4n) is 3.02. The summed E-state index contributed by atoms with van der Waals surface area (Å²) in [4.78, 5) is 37.6. The number of carbonyl (C=O) groups is 2. The van der Waals surface area contributed by atoms with Crippen LogP contribution in [0.25, 0.3) is 11.0 Å². The molecule has 0 fully saturated rings. The number of fused-ring (bicyclic) bond motifs is 1. The van der Waals surface area contributed by atoms with Crippen molar-refractivity contribution in [1.82, 2.24) is 0 Å². The van der Waals surface area contributed by atoms with Gasteiger partial charge in [-0.1, -0.05) is 15.9 Å². The zero-order valence-electron chi connectivity index (χ0n) is 16.8. The summed E-state index contributed by atoms with van der Waals surface area (Å²) < 4.78 is 16.9. The minimum atomic E-state index is -0.653. The molecule has 0 spiro atoms. The average molecular weight is 491 g/mol. The van der Waals surface area contributed by atoms with Crippen molar-refractivity contribution in [2.75, 3.05) is 31.8 Å². The van der Waals surface area contributed by atoms with Crippen LogP contribution in [0.2, 0.25) is 0 Å². The van der Waals surface area contributed by atoms with Crippen molar-refractivity contribution in [1.29, 1.82) is 0 Å². The standard InChI is InChI=1S/C21H19BrN2O7/c1-3-30-21(26)23(10-11-29-2)18-16-12-14(22)6-9-17(16)31-20(18)19(25)13-4-7-15(8-5-13)24(27)28/h4-9,12H,3,10-11H2,1-2H3. The van der Waals surface area contributed by atoms with Gasteiger partial charge < -0.3 is 13.9 Å². The van der Waals surface area contributed by atoms with E-state index in [-0.39, 0.29) is 42.5 Å². The van der Waals surface area contributed by atoms with Gasteiger partial charge in [0.2, 0.25) is 5.78 Å². The predicted molar refractivity (Wildman–Crippen MR) is 117 cm³/mol. The maximum atomic E-state index is 13.3. The Kier molecular flexibility index (Phi) is 7.03. The average Bonchev–Trinajstić information content (AvgIpc) is 3.12. The van der Waals surface area contributed by atoms with Crippen LogP contribution in [0.5, 0.6) is 0 Å². The minimum absolute atomic E-state index is 0.0777. The molecule has 9 nitrogen and oxygen atoms in total. The lowest BCUT2D eigenvalue weighted by atomic mass is 10.1. The van der Waals surface area contributed by atoms with Gasteiger partial charge in [-0.2, -0.15) is 0 Å². The van der Waals surface area contributed by atoms with E-state index in [4.69, 9.17) is 13.9 Å². The van der Waals surface area contributed by atoms with Crippen molar-refractivity contribution >= 4 is 50.2 Å². The summed E-state index contributed by atoms with van der Waals surface area (Å²) in [6, 6.07) is 10.3. The Labute approximate surface area is 185 Å². The van der Waals surface area contributed by atoms with Crippen LogP contribution < -0.4 is 4.90 Å². The minimum Gasteiger partial charge on any atom is -0.450 e. The van der Waals surface area contributed by atoms with E-state index >= 15 is 0 Å². The summed E-state index contributed by atoms with van der Waals surface area (Å²) >= 11 is 3.40. The largest absolute Gasteiger partial charge is 0.450 e. The molecule has 3 rings (SSSR count). The summed E-state index contributed by atoms with van der Waals surface area (Å²) in [5.74, 6) is -0.602. The number of halogens is 1. The van der Waals surface area contributed by atoms with E-state index in [9.17, 15) is 19.7 Å². The van der Waals surface area contributed by atoms with Gasteiger partial charge in [-0.25, -0.2) is 4.79 Å². The van der Waals surface area contributed by atoms with Gasteiger partial charge in [0, 0.05) is 34.7 Å². The van der Waals surface area contributed by atoms with Gasteiger partial charge in [0.25, 0.3) is 5.69 Å². The van der Waals surface area contributed by atoms with Crippen LogP contribution in [0.4, 0.5) is 16.2 Å². The van der Waals surface area contributed by atoms with Crippen LogP contribution >= 0.6 is 15.9 Å². The molecule has 3 aromatic rings. The van der Waals surface area contributed by atoms with Crippen LogP contribution in [0, 0.1) is 10.1 Å². The Bertz CT molecular complexity index is 1120. The zero-order valence-corrected chi connectivity index (χ0v) is 18.4. The second-order valence-corrected chi connectivity index (χ2v) is 7.31. The van der Waals surface area contributed by atoms with Crippen LogP contribution in [0.3, 0.4) is 0 Å². The van der Waals surface area contributed by atoms with Crippen LogP contribution in [0.1, 0.15) is 23.0 Å². The molecule has 1 heterocycles. The molecule has 0 saturated carbocycles. The number of rotatable bonds is 8. The number of anilines is 1. The van der Waals surface area contributed by atoms with Crippen molar-refractivity contribution < 1.29 is 28.4 Å². The predicted octanol–water partition coefficient (Wildman–Crippen LogP) is 4.94. The number of benzene rings is 2. The smallest absolute Gasteiger partial charge is 0.414 e. The Morgan fingerprint density at radius 1 is 1.19 bits per heavy atom. The molecule has 0 saturated heterocycles. The molecule has 31 heavy (non-hydrogen) atoms. The van der Waals surface area contributed by atoms with Crippen LogP contribution in [-0.2, 0) is 9.47 Å². The van der Waals surface area contributed by atoms with E-state index in [1.54, 1.807) is 25.1 Å². The van der Waals surface area contributed by atoms with E-state index in [1.165, 1.54) is 36.3 Å². The topological polar surface area (TPSA) is 112 Å². The third-order valence-corrected chi connectivity index (χ3v) is 4.94. The van der Waals surface area contributed by atoms with E-state index < -0.39 is 16.8 Å². The second-order valence-electron chi connectivity index (χ2n) is 6.40. The fourth-order valence-corrected chi connectivity index (χ4v) is 3.38. The van der Waals surface area contributed by atoms with Gasteiger partial charge in [-0.15, -0.1) is 0 Å². The van der Waals surface area contributed by atoms with Gasteiger partial charge in [0.15, 0.2) is 5.76 Å². The molecule has 1 aromatic heterocycles. The first-order valence-corrected chi connectivity index (χ1v) is 10.1. The molecular formula is C21H19BrN2O7. The highest BCUT2D eigenvalue weighted by molar-refractivity contribution is 9.10. The van der Waals surface area contributed by atoms with Crippen molar-refractivity contribution in [3.8, 4) is 0 Å². The fraction of sp³-hybridized carbons (Fsp3) is 0.238. The van der Waals surface area contributed by atoms with Crippen molar-refractivity contribution in [3.05, 3.63) is 68.4 Å². The van der Waals surface area contributed by atoms with E-state index in [0.717, 1.165) is 4.47 Å². The first-order chi connectivity index (χ1) is 14.9. The van der Waals surface area contributed by atoms with E-state index in [0.29, 0.717) is 11.0 Å². The third kappa shape index (κ3) is 4.75. The first kappa shape index (κ1) is 22.4. The lowest BCUT2D eigenvalue weighted by Crippen LogP contribution is -2.35. The van der Waals surface area contributed by atoms with Gasteiger partial charge in [-0.05, 0) is 37.3 Å². The summed E-state index contributed by atoms with van der Waals surface area (Å²) in [6.45, 7) is 2.15. The highest BCUT2D eigenvalue weighted by atomic mass is 79.9. The van der Waals surface area contributed by atoms with Gasteiger partial charge in [-0.3, -0.25) is 19.8 Å². The number of amides is 1. The molecule has 0 aliphatic rings. The molecule has 0 atom stereocenters. The highest BCUT2D eigenvalue weighted by Gasteiger charge is 2.30. The Balaban J connectivity index is 2.17. The normalized spacial score (nSPS) is 10.8. The summed E-state index contributed by atoms with van der Waals surface area (Å²) in [6.07, 6.45) is -0.653. The number of nitrogens with zero attached hydrogens (tertiary/aromatic N) is 2. The molecular weight excluding hydrogens is 472 g/mol. The van der Waals surface area contributed by atoms with E-state index in [1.807, 2.05) is 0 Å². The van der Waals surface area contributed by atoms with Gasteiger partial charge in [0.05, 0.1) is 24.7 Å². The number of nitro benzene ring substituents is 1. The number of hydrogen-bond donors (Lipinski definition) is 0. The first-order valence-electron chi connectivity index (χ1n) is 9.31. The Morgan fingerprint density at radius 2 is 1.90 bits per heavy atom. The number of non-ortho nitro benzene ring substituents is 1. The number of methoxy groups -OCH3 is 1. The van der Waals surface area contributed by atoms with Crippen LogP contribution in [0.15, 0.2) is 51.4 Å². The van der Waals surface area contributed by atoms with Crippen molar-refractivity contribution in [3.63, 3.8) is 0 Å². The lowest BCUT2D eigenvalue weighted by Gasteiger charge is -2.21. The van der Waals surface area contributed by atoms with Gasteiger partial charge >= 0.3 is 6.09 Å². The number of ketones is 1. The van der Waals surface area contributed by atoms with Crippen molar-refractivity contribution in [2.45, 2.75) is 6.92 Å². The molecule has 0 bridgehead atoms. The number of furan rings is 1. The summed E-state index contributed by atoms with van der Waals surface area (Å²) in [7, 11) is 1.50. The molecule has 2 aromatic carbocycles. The number of nitro groups is 1. The molecule has 1 amide bonds. The Hall–Kier alpha value is -3.24. The SMILES string of the molecule is CCOC(=O)N(CCOC)c1c(C(=O)c2ccc([N+](=O)[O-])cc2)oc2ccc(Br)cc12. The Morgan fingerprint density at radius 3 is 2.52 bits per heavy atom. The molecule has 0 unspecified atom stereocenters. The zero-order chi connectivity index (χ0) is 22.5. The van der Waals surface area contributed by atoms with E-state index in [2.05, 4.69) is 15.9 Å². The summed E-state index contributed by atoms with van der Waals surface area (Å²) in [5.41, 5.74) is 0.685. The number of hydrogen-bond acceptors (Lipinski definition) is 7. The maximum absolute atomic E-state index is 13.3. The third-order valence-electron chi connectivity index (χ3n) is 4.45. The molecule has 10 heteroatoms. The lowest BCUT2D eigenvalue weighted by molar-refractivity contribution is -0.384. The van der Waals surface area contributed by atoms with Gasteiger partial charge in [0.1, 0.15) is 11.3 Å².